The van der Waals surface area contributed by atoms with Gasteiger partial charge in [-0.2, -0.15) is 0 Å². The van der Waals surface area contributed by atoms with Crippen LogP contribution >= 0.6 is 0 Å². The minimum atomic E-state index is -0.466. The molecule has 0 fully saturated rings. The number of carbonyl (C=O) groups is 1. The third-order valence-electron chi connectivity index (χ3n) is 5.77. The van der Waals surface area contributed by atoms with E-state index in [2.05, 4.69) is 9.98 Å². The molecule has 1 aliphatic rings. The second-order valence-electron chi connectivity index (χ2n) is 8.57. The number of nitrogens with zero attached hydrogens (tertiary/aromatic N) is 4. The molecule has 0 radical (unpaired) electrons. The minimum absolute atomic E-state index is 0.0113. The second kappa shape index (κ2) is 11.5. The van der Waals surface area contributed by atoms with Crippen LogP contribution in [-0.2, 0) is 22.8 Å². The van der Waals surface area contributed by atoms with Gasteiger partial charge in [-0.1, -0.05) is 19.1 Å². The molecular weight excluding hydrogens is 474 g/mol. The van der Waals surface area contributed by atoms with E-state index >= 15 is 0 Å². The van der Waals surface area contributed by atoms with E-state index in [9.17, 15) is 20.0 Å². The second-order valence-corrected chi connectivity index (χ2v) is 8.57. The largest absolute Gasteiger partial charge is 0.392 e. The third-order valence-corrected chi connectivity index (χ3v) is 5.77. The van der Waals surface area contributed by atoms with Crippen molar-refractivity contribution in [3.63, 3.8) is 0 Å². The van der Waals surface area contributed by atoms with Crippen LogP contribution in [0.1, 0.15) is 36.5 Å². The Hall–Kier alpha value is -4.41. The lowest BCUT2D eigenvalue weighted by atomic mass is 10.0. The first-order chi connectivity index (χ1) is 17.9. The van der Waals surface area contributed by atoms with Crippen LogP contribution in [0.4, 0.5) is 11.4 Å². The summed E-state index contributed by atoms with van der Waals surface area (Å²) >= 11 is 0. The fraction of sp³-hybridized carbons (Fsp3) is 0.222. The summed E-state index contributed by atoms with van der Waals surface area (Å²) in [5.74, 6) is -0.0248. The van der Waals surface area contributed by atoms with E-state index in [1.807, 2.05) is 31.2 Å². The van der Waals surface area contributed by atoms with Gasteiger partial charge in [0.1, 0.15) is 12.4 Å². The molecule has 4 rings (SSSR count). The molecule has 0 unspecified atom stereocenters. The predicted octanol–water partition coefficient (Wildman–Crippen LogP) is 4.30. The molecule has 2 aromatic carbocycles. The van der Waals surface area contributed by atoms with Crippen molar-refractivity contribution in [3.8, 4) is 11.1 Å². The molecule has 1 aliphatic heterocycles. The van der Waals surface area contributed by atoms with E-state index in [0.717, 1.165) is 16.7 Å². The number of pyridine rings is 1. The van der Waals surface area contributed by atoms with Gasteiger partial charge in [-0.15, -0.1) is 0 Å². The third kappa shape index (κ3) is 6.24. The molecule has 0 atom stereocenters. The quantitative estimate of drug-likeness (QED) is 0.329. The summed E-state index contributed by atoms with van der Waals surface area (Å²) < 4.78 is 0. The number of hydroxylamine groups is 2. The maximum absolute atomic E-state index is 13.4. The normalized spacial score (nSPS) is 12.7. The van der Waals surface area contributed by atoms with Crippen LogP contribution in [0.25, 0.3) is 17.2 Å². The van der Waals surface area contributed by atoms with Crippen LogP contribution in [0, 0.1) is 10.1 Å². The number of hydrogen-bond donors (Lipinski definition) is 2. The Morgan fingerprint density at radius 3 is 2.62 bits per heavy atom. The molecule has 1 aromatic heterocycles. The Kier molecular flexibility index (Phi) is 8.02. The highest BCUT2D eigenvalue weighted by Crippen LogP contribution is 2.32. The molecule has 1 amide bonds. The molecule has 3 aromatic rings. The van der Waals surface area contributed by atoms with Gasteiger partial charge in [0.2, 0.25) is 0 Å². The van der Waals surface area contributed by atoms with Gasteiger partial charge in [-0.25, -0.2) is 10.1 Å². The lowest BCUT2D eigenvalue weighted by Gasteiger charge is -2.22. The van der Waals surface area contributed by atoms with E-state index in [0.29, 0.717) is 41.2 Å². The summed E-state index contributed by atoms with van der Waals surface area (Å²) in [6.45, 7) is 2.28. The molecular formula is C27H27N5O5. The molecule has 190 valence electrons. The van der Waals surface area contributed by atoms with E-state index in [4.69, 9.17) is 10.6 Å². The number of benzene rings is 2. The van der Waals surface area contributed by atoms with Crippen LogP contribution < -0.4 is 5.73 Å². The number of amidine groups is 1. The summed E-state index contributed by atoms with van der Waals surface area (Å²) in [5, 5.41) is 21.6. The fourth-order valence-corrected chi connectivity index (χ4v) is 3.89. The average molecular weight is 502 g/mol. The molecule has 0 saturated carbocycles. The number of aliphatic hydroxyl groups excluding tert-OH is 1. The SMILES string of the molecule is CCCN(OCc1ccc([N+](=O)[O-])cc1)C(=O)C1=Cc2ccc(-c3cncc(CO)c3)cc2N=C(N)C1. The summed E-state index contributed by atoms with van der Waals surface area (Å²) in [6, 6.07) is 13.5. The molecule has 0 saturated heterocycles. The topological polar surface area (TPSA) is 144 Å². The predicted molar refractivity (Wildman–Crippen MR) is 139 cm³/mol. The maximum atomic E-state index is 13.4. The van der Waals surface area contributed by atoms with Gasteiger partial charge in [-0.3, -0.25) is 24.7 Å². The molecule has 0 spiro atoms. The highest BCUT2D eigenvalue weighted by atomic mass is 16.7. The van der Waals surface area contributed by atoms with E-state index in [1.165, 1.54) is 17.2 Å². The van der Waals surface area contributed by atoms with Crippen LogP contribution in [-0.4, -0.2) is 38.4 Å². The molecule has 2 heterocycles. The standard InChI is InChI=1S/C27H27N5O5/c1-2-9-31(37-17-18-3-7-24(8-4-18)32(35)36)27(34)22-11-21-6-5-20(12-25(21)30-26(28)13-22)23-10-19(16-33)14-29-15-23/h3-8,10-12,14-15,33H,2,9,13,16-17H2,1H3,(H2,28,30). The van der Waals surface area contributed by atoms with E-state index in [-0.39, 0.29) is 31.2 Å². The zero-order valence-electron chi connectivity index (χ0n) is 20.3. The van der Waals surface area contributed by atoms with Crippen molar-refractivity contribution < 1.29 is 19.7 Å². The van der Waals surface area contributed by atoms with Crippen molar-refractivity contribution in [3.05, 3.63) is 93.3 Å². The Morgan fingerprint density at radius 2 is 1.92 bits per heavy atom. The van der Waals surface area contributed by atoms with Crippen LogP contribution in [0.5, 0.6) is 0 Å². The van der Waals surface area contributed by atoms with Crippen LogP contribution in [0.3, 0.4) is 0 Å². The van der Waals surface area contributed by atoms with Crippen molar-refractivity contribution in [2.45, 2.75) is 33.0 Å². The average Bonchev–Trinajstić information content (AvgIpc) is 3.08. The van der Waals surface area contributed by atoms with Crippen molar-refractivity contribution >= 4 is 29.2 Å². The van der Waals surface area contributed by atoms with Crippen LogP contribution in [0.15, 0.2) is 71.5 Å². The first-order valence-corrected chi connectivity index (χ1v) is 11.8. The van der Waals surface area contributed by atoms with Crippen LogP contribution in [0.2, 0.25) is 0 Å². The molecule has 3 N–H and O–H groups in total. The first kappa shape index (κ1) is 25.7. The number of amides is 1. The lowest BCUT2D eigenvalue weighted by Crippen LogP contribution is -2.34. The number of non-ortho nitro benzene ring substituents is 1. The van der Waals surface area contributed by atoms with Gasteiger partial charge >= 0.3 is 0 Å². The van der Waals surface area contributed by atoms with Gasteiger partial charge in [0.15, 0.2) is 0 Å². The van der Waals surface area contributed by atoms with Crippen molar-refractivity contribution in [2.24, 2.45) is 10.7 Å². The number of aliphatic hydroxyl groups is 1. The smallest absolute Gasteiger partial charge is 0.273 e. The van der Waals surface area contributed by atoms with Crippen molar-refractivity contribution in [2.75, 3.05) is 6.54 Å². The van der Waals surface area contributed by atoms with E-state index in [1.54, 1.807) is 30.6 Å². The first-order valence-electron chi connectivity index (χ1n) is 11.8. The Labute approximate surface area is 213 Å². The number of carbonyl (C=O) groups excluding carboxylic acids is 1. The number of aliphatic imine (C=N–C) groups is 1. The zero-order valence-corrected chi connectivity index (χ0v) is 20.3. The Morgan fingerprint density at radius 1 is 1.14 bits per heavy atom. The molecule has 10 heteroatoms. The van der Waals surface area contributed by atoms with Gasteiger partial charge in [0, 0.05) is 54.2 Å². The lowest BCUT2D eigenvalue weighted by molar-refractivity contribution is -0.384. The number of aromatic nitrogens is 1. The highest BCUT2D eigenvalue weighted by molar-refractivity contribution is 6.05. The fourth-order valence-electron chi connectivity index (χ4n) is 3.89. The van der Waals surface area contributed by atoms with Gasteiger partial charge < -0.3 is 10.8 Å². The van der Waals surface area contributed by atoms with Gasteiger partial charge in [-0.05, 0) is 53.5 Å². The molecule has 10 nitrogen and oxygen atoms in total. The van der Waals surface area contributed by atoms with Gasteiger partial charge in [0.05, 0.1) is 17.2 Å². The Balaban J connectivity index is 1.56. The number of nitro groups is 1. The number of nitrogens with two attached hydrogens (primary N) is 1. The number of fused-ring (bicyclic) bond motifs is 1. The monoisotopic (exact) mass is 501 g/mol. The maximum Gasteiger partial charge on any atom is 0.273 e. The number of rotatable bonds is 9. The molecule has 0 aliphatic carbocycles. The zero-order chi connectivity index (χ0) is 26.4. The summed E-state index contributed by atoms with van der Waals surface area (Å²) in [5.41, 5.74) is 11.1. The summed E-state index contributed by atoms with van der Waals surface area (Å²) in [7, 11) is 0. The summed E-state index contributed by atoms with van der Waals surface area (Å²) in [4.78, 5) is 38.3. The number of nitro benzene ring substituents is 1. The van der Waals surface area contributed by atoms with E-state index < -0.39 is 4.92 Å². The Bertz CT molecular complexity index is 1370. The van der Waals surface area contributed by atoms with Crippen molar-refractivity contribution in [1.82, 2.24) is 10.0 Å². The molecule has 0 bridgehead atoms. The van der Waals surface area contributed by atoms with Crippen molar-refractivity contribution in [1.29, 1.82) is 0 Å². The van der Waals surface area contributed by atoms with Gasteiger partial charge in [0.25, 0.3) is 11.6 Å². The summed E-state index contributed by atoms with van der Waals surface area (Å²) in [6.07, 6.45) is 5.91. The molecule has 37 heavy (non-hydrogen) atoms. The number of hydrogen-bond acceptors (Lipinski definition) is 8. The minimum Gasteiger partial charge on any atom is -0.392 e. The highest BCUT2D eigenvalue weighted by Gasteiger charge is 2.22.